The van der Waals surface area contributed by atoms with Crippen LogP contribution in [-0.2, 0) is 11.3 Å². The van der Waals surface area contributed by atoms with E-state index >= 15 is 0 Å². The molecule has 0 amide bonds. The molecule has 1 aromatic heterocycles. The fourth-order valence-corrected chi connectivity index (χ4v) is 2.93. The van der Waals surface area contributed by atoms with Crippen molar-refractivity contribution in [3.8, 4) is 11.5 Å². The summed E-state index contributed by atoms with van der Waals surface area (Å²) < 4.78 is 60.1. The van der Waals surface area contributed by atoms with Crippen LogP contribution in [-0.4, -0.2) is 33.8 Å². The van der Waals surface area contributed by atoms with Gasteiger partial charge in [-0.25, -0.2) is 4.98 Å². The van der Waals surface area contributed by atoms with E-state index in [1.807, 2.05) is 0 Å². The predicted octanol–water partition coefficient (Wildman–Crippen LogP) is 4.24. The van der Waals surface area contributed by atoms with E-state index in [0.717, 1.165) is 16.7 Å². The summed E-state index contributed by atoms with van der Waals surface area (Å²) in [5, 5.41) is 9.26. The minimum Gasteiger partial charge on any atom is -0.481 e. The van der Waals surface area contributed by atoms with E-state index in [9.17, 15) is 27.2 Å². The minimum atomic E-state index is -3.23. The molecule has 1 N–H and O–H groups in total. The Kier molecular flexibility index (Phi) is 7.08. The number of nitrogens with zero attached hydrogens (tertiary/aromatic N) is 2. The molecule has 0 fully saturated rings. The second-order valence-electron chi connectivity index (χ2n) is 6.38. The van der Waals surface area contributed by atoms with Gasteiger partial charge in [-0.2, -0.15) is 17.6 Å². The van der Waals surface area contributed by atoms with E-state index in [0.29, 0.717) is 5.52 Å². The lowest BCUT2D eigenvalue weighted by Crippen LogP contribution is -2.25. The first-order valence-corrected chi connectivity index (χ1v) is 9.17. The smallest absolute Gasteiger partial charge is 0.387 e. The van der Waals surface area contributed by atoms with Gasteiger partial charge in [-0.3, -0.25) is 14.2 Å². The van der Waals surface area contributed by atoms with Gasteiger partial charge in [0.1, 0.15) is 17.3 Å². The number of para-hydroxylation sites is 1. The summed E-state index contributed by atoms with van der Waals surface area (Å²) in [6.45, 7) is -6.55. The number of rotatable bonds is 9. The second-order valence-corrected chi connectivity index (χ2v) is 6.38. The number of hydrogen-bond acceptors (Lipinski definition) is 5. The summed E-state index contributed by atoms with van der Waals surface area (Å²) >= 11 is 0. The van der Waals surface area contributed by atoms with E-state index in [1.54, 1.807) is 24.3 Å². The Morgan fingerprint density at radius 3 is 2.47 bits per heavy atom. The molecule has 0 aliphatic rings. The molecular weight excluding hydrogens is 436 g/mol. The molecule has 3 aromatic rings. The number of hydrogen-bond donors (Lipinski definition) is 1. The van der Waals surface area contributed by atoms with Crippen LogP contribution in [0, 0.1) is 0 Å². The fraction of sp³-hybridized carbons (Fsp3) is 0.190. The minimum absolute atomic E-state index is 0.0686. The summed E-state index contributed by atoms with van der Waals surface area (Å²) in [5.41, 5.74) is -0.0474. The van der Waals surface area contributed by atoms with Gasteiger partial charge in [0, 0.05) is 18.2 Å². The van der Waals surface area contributed by atoms with Gasteiger partial charge < -0.3 is 14.6 Å². The first-order chi connectivity index (χ1) is 15.2. The largest absolute Gasteiger partial charge is 0.481 e. The van der Waals surface area contributed by atoms with Crippen molar-refractivity contribution in [3.63, 3.8) is 0 Å². The zero-order chi connectivity index (χ0) is 23.3. The summed E-state index contributed by atoms with van der Waals surface area (Å²) in [6, 6.07) is 9.67. The van der Waals surface area contributed by atoms with Crippen molar-refractivity contribution in [2.75, 3.05) is 0 Å². The number of carbonyl (C=O) groups is 1. The highest BCUT2D eigenvalue weighted by Crippen LogP contribution is 2.29. The molecule has 0 aliphatic carbocycles. The van der Waals surface area contributed by atoms with Crippen LogP contribution >= 0.6 is 0 Å². The Hall–Kier alpha value is -3.89. The number of alkyl halides is 4. The second kappa shape index (κ2) is 9.94. The molecule has 0 radical (unpaired) electrons. The lowest BCUT2D eigenvalue weighted by Gasteiger charge is -2.12. The van der Waals surface area contributed by atoms with E-state index in [-0.39, 0.29) is 35.5 Å². The van der Waals surface area contributed by atoms with Gasteiger partial charge in [-0.15, -0.1) is 0 Å². The zero-order valence-corrected chi connectivity index (χ0v) is 16.3. The summed E-state index contributed by atoms with van der Waals surface area (Å²) in [4.78, 5) is 28.2. The molecule has 0 bridgehead atoms. The maximum atomic E-state index is 12.8. The van der Waals surface area contributed by atoms with Crippen LogP contribution in [0.3, 0.4) is 0 Å². The molecule has 0 atom stereocenters. The van der Waals surface area contributed by atoms with Gasteiger partial charge >= 0.3 is 19.2 Å². The Balaban J connectivity index is 2.05. The lowest BCUT2D eigenvalue weighted by molar-refractivity contribution is -0.137. The zero-order valence-electron chi connectivity index (χ0n) is 16.3. The van der Waals surface area contributed by atoms with Crippen LogP contribution in [0.2, 0.25) is 0 Å². The van der Waals surface area contributed by atoms with Gasteiger partial charge in [0.25, 0.3) is 5.56 Å². The number of aromatic nitrogens is 2. The normalized spacial score (nSPS) is 11.6. The van der Waals surface area contributed by atoms with Crippen molar-refractivity contribution in [2.24, 2.45) is 0 Å². The third-order valence-corrected chi connectivity index (χ3v) is 4.28. The monoisotopic (exact) mass is 452 g/mol. The Morgan fingerprint density at radius 2 is 1.78 bits per heavy atom. The lowest BCUT2D eigenvalue weighted by atomic mass is 10.1. The van der Waals surface area contributed by atoms with Crippen molar-refractivity contribution in [1.29, 1.82) is 0 Å². The summed E-state index contributed by atoms with van der Waals surface area (Å²) in [6.07, 6.45) is 2.26. The van der Waals surface area contributed by atoms with Gasteiger partial charge in [-0.1, -0.05) is 12.1 Å². The topological polar surface area (TPSA) is 90.7 Å². The average molecular weight is 452 g/mol. The fourth-order valence-electron chi connectivity index (χ4n) is 2.93. The van der Waals surface area contributed by atoms with Gasteiger partial charge in [0.05, 0.1) is 17.3 Å². The van der Waals surface area contributed by atoms with Gasteiger partial charge in [-0.05, 0) is 36.4 Å². The highest BCUT2D eigenvalue weighted by atomic mass is 19.3. The SMILES string of the molecule is O=C(O)CCn1c(/C=C/c2ccc(OC(F)F)cc2OC(F)F)nc2ccccc2c1=O. The molecule has 168 valence electrons. The van der Waals surface area contributed by atoms with Gasteiger partial charge in [0.2, 0.25) is 0 Å². The van der Waals surface area contributed by atoms with Crippen LogP contribution in [0.15, 0.2) is 47.3 Å². The number of carboxylic acids is 1. The number of fused-ring (bicyclic) bond motifs is 1. The van der Waals surface area contributed by atoms with Crippen LogP contribution in [0.4, 0.5) is 17.6 Å². The Bertz CT molecular complexity index is 1210. The van der Waals surface area contributed by atoms with E-state index < -0.39 is 30.5 Å². The van der Waals surface area contributed by atoms with Crippen molar-refractivity contribution in [2.45, 2.75) is 26.2 Å². The maximum absolute atomic E-state index is 12.8. The molecule has 7 nitrogen and oxygen atoms in total. The van der Waals surface area contributed by atoms with E-state index in [2.05, 4.69) is 14.5 Å². The average Bonchev–Trinajstić information content (AvgIpc) is 2.71. The molecule has 0 unspecified atom stereocenters. The van der Waals surface area contributed by atoms with E-state index in [1.165, 1.54) is 18.2 Å². The van der Waals surface area contributed by atoms with Crippen molar-refractivity contribution >= 4 is 29.0 Å². The summed E-state index contributed by atoms with van der Waals surface area (Å²) in [5.74, 6) is -1.86. The number of carboxylic acid groups (broad SMARTS) is 1. The number of benzene rings is 2. The quantitative estimate of drug-likeness (QED) is 0.489. The van der Waals surface area contributed by atoms with Crippen molar-refractivity contribution in [1.82, 2.24) is 9.55 Å². The standard InChI is InChI=1S/C21H16F4N2O5/c22-20(23)31-13-7-5-12(16(11-13)32-21(24)25)6-8-17-26-15-4-2-1-3-14(15)19(30)27(17)10-9-18(28)29/h1-8,11,20-21H,9-10H2,(H,28,29)/b8-6+. The molecule has 0 saturated heterocycles. The molecule has 0 spiro atoms. The molecule has 0 aliphatic heterocycles. The molecule has 1 heterocycles. The van der Waals surface area contributed by atoms with Crippen LogP contribution in [0.5, 0.6) is 11.5 Å². The first-order valence-electron chi connectivity index (χ1n) is 9.17. The van der Waals surface area contributed by atoms with Crippen molar-refractivity contribution < 1.29 is 36.9 Å². The number of halogens is 4. The van der Waals surface area contributed by atoms with Gasteiger partial charge in [0.15, 0.2) is 0 Å². The highest BCUT2D eigenvalue weighted by molar-refractivity contribution is 5.80. The highest BCUT2D eigenvalue weighted by Gasteiger charge is 2.14. The molecule has 11 heteroatoms. The van der Waals surface area contributed by atoms with E-state index in [4.69, 9.17) is 5.11 Å². The van der Waals surface area contributed by atoms with Crippen LogP contribution in [0.25, 0.3) is 23.1 Å². The Labute approximate surface area is 178 Å². The molecule has 2 aromatic carbocycles. The molecular formula is C21H16F4N2O5. The van der Waals surface area contributed by atoms with Crippen molar-refractivity contribution in [3.05, 3.63) is 64.2 Å². The number of aliphatic carboxylic acids is 1. The maximum Gasteiger partial charge on any atom is 0.387 e. The molecule has 0 saturated carbocycles. The first kappa shape index (κ1) is 22.8. The number of ether oxygens (including phenoxy) is 2. The van der Waals surface area contributed by atoms with Crippen LogP contribution in [0.1, 0.15) is 17.8 Å². The van der Waals surface area contributed by atoms with Crippen LogP contribution < -0.4 is 15.0 Å². The third kappa shape index (κ3) is 5.62. The summed E-state index contributed by atoms with van der Waals surface area (Å²) in [7, 11) is 0. The predicted molar refractivity (Wildman–Crippen MR) is 107 cm³/mol. The Morgan fingerprint density at radius 1 is 1.06 bits per heavy atom. The molecule has 3 rings (SSSR count). The molecule has 32 heavy (non-hydrogen) atoms. The third-order valence-electron chi connectivity index (χ3n) is 4.28.